The van der Waals surface area contributed by atoms with Crippen molar-refractivity contribution in [3.8, 4) is 5.75 Å². The average Bonchev–Trinajstić information content (AvgIpc) is 2.87. The number of carbonyl (C=O) groups excluding carboxylic acids is 4. The maximum atomic E-state index is 12.9. The molecule has 1 N–H and O–H groups in total. The Balaban J connectivity index is 1.75. The number of rotatable bonds is 6. The van der Waals surface area contributed by atoms with Gasteiger partial charge < -0.3 is 19.1 Å². The first kappa shape index (κ1) is 30.1. The molecular weight excluding hydrogens is 512 g/mol. The first-order valence-corrected chi connectivity index (χ1v) is 12.9. The van der Waals surface area contributed by atoms with Crippen molar-refractivity contribution in [2.75, 3.05) is 6.54 Å². The lowest BCUT2D eigenvalue weighted by Crippen LogP contribution is -2.42. The van der Waals surface area contributed by atoms with Crippen molar-refractivity contribution < 1.29 is 33.4 Å². The average molecular weight is 549 g/mol. The minimum atomic E-state index is -0.999. The van der Waals surface area contributed by atoms with Gasteiger partial charge in [-0.15, -0.1) is 0 Å². The third-order valence-corrected chi connectivity index (χ3v) is 5.49. The quantitative estimate of drug-likeness (QED) is 0.305. The van der Waals surface area contributed by atoms with Crippen LogP contribution in [0, 0.1) is 5.41 Å². The third-order valence-electron chi connectivity index (χ3n) is 5.49. The Labute approximate surface area is 234 Å². The first-order chi connectivity index (χ1) is 18.7. The highest BCUT2D eigenvalue weighted by Crippen LogP contribution is 2.23. The summed E-state index contributed by atoms with van der Waals surface area (Å²) in [6, 6.07) is 16.2. The Hall–Kier alpha value is -4.40. The lowest BCUT2D eigenvalue weighted by Gasteiger charge is -2.27. The molecular formula is C31H36N2O7. The molecule has 0 unspecified atom stereocenters. The molecule has 0 saturated carbocycles. The van der Waals surface area contributed by atoms with E-state index in [4.69, 9.17) is 14.2 Å². The second-order valence-electron chi connectivity index (χ2n) is 11.5. The van der Waals surface area contributed by atoms with Crippen LogP contribution in [0.1, 0.15) is 52.7 Å². The summed E-state index contributed by atoms with van der Waals surface area (Å²) in [5.74, 6) is -1.78. The van der Waals surface area contributed by atoms with Crippen LogP contribution >= 0.6 is 0 Å². The number of benzene rings is 2. The van der Waals surface area contributed by atoms with E-state index in [0.29, 0.717) is 23.4 Å². The summed E-state index contributed by atoms with van der Waals surface area (Å²) < 4.78 is 16.0. The van der Waals surface area contributed by atoms with Crippen LogP contribution in [0.2, 0.25) is 0 Å². The molecule has 0 saturated heterocycles. The zero-order valence-electron chi connectivity index (χ0n) is 23.8. The van der Waals surface area contributed by atoms with Gasteiger partial charge in [0, 0.05) is 11.9 Å². The molecule has 0 aromatic heterocycles. The van der Waals surface area contributed by atoms with Crippen molar-refractivity contribution in [1.82, 2.24) is 10.2 Å². The molecule has 9 nitrogen and oxygen atoms in total. The second kappa shape index (κ2) is 12.6. The number of carbonyl (C=O) groups is 4. The van der Waals surface area contributed by atoms with E-state index in [1.165, 1.54) is 4.90 Å². The predicted octanol–water partition coefficient (Wildman–Crippen LogP) is 5.06. The van der Waals surface area contributed by atoms with Crippen molar-refractivity contribution in [3.05, 3.63) is 89.3 Å². The van der Waals surface area contributed by atoms with Gasteiger partial charge in [-0.2, -0.15) is 0 Å². The summed E-state index contributed by atoms with van der Waals surface area (Å²) in [5.41, 5.74) is 1.24. The van der Waals surface area contributed by atoms with Crippen LogP contribution < -0.4 is 10.1 Å². The molecule has 1 aliphatic heterocycles. The number of nitrogens with zero attached hydrogens (tertiary/aromatic N) is 1. The number of allylic oxidation sites excluding steroid dienone is 2. The number of nitrogens with one attached hydrogen (secondary N) is 1. The molecule has 2 aromatic rings. The first-order valence-electron chi connectivity index (χ1n) is 12.9. The minimum absolute atomic E-state index is 0.0519. The lowest BCUT2D eigenvalue weighted by molar-refractivity contribution is -0.166. The van der Waals surface area contributed by atoms with E-state index in [9.17, 15) is 19.2 Å². The molecule has 212 valence electrons. The van der Waals surface area contributed by atoms with Crippen LogP contribution in [0.25, 0.3) is 0 Å². The predicted molar refractivity (Wildman–Crippen MR) is 149 cm³/mol. The Kier molecular flexibility index (Phi) is 9.52. The monoisotopic (exact) mass is 548 g/mol. The largest absolute Gasteiger partial charge is 0.453 e. The maximum Gasteiger partial charge on any atom is 0.411 e. The Morgan fingerprint density at radius 2 is 1.52 bits per heavy atom. The molecule has 1 aliphatic rings. The van der Waals surface area contributed by atoms with Gasteiger partial charge in [0.25, 0.3) is 0 Å². The fraction of sp³-hybridized carbons (Fsp3) is 0.355. The van der Waals surface area contributed by atoms with Crippen LogP contribution in [-0.2, 0) is 36.9 Å². The number of ether oxygens (including phenoxy) is 3. The fourth-order valence-electron chi connectivity index (χ4n) is 3.54. The van der Waals surface area contributed by atoms with E-state index >= 15 is 0 Å². The van der Waals surface area contributed by atoms with Gasteiger partial charge in [-0.05, 0) is 82.9 Å². The molecule has 0 fully saturated rings. The molecule has 0 bridgehead atoms. The van der Waals surface area contributed by atoms with E-state index in [1.807, 2.05) is 30.3 Å². The SMILES string of the molecule is CC(C)(C)OC(=O)C(=O)N1C=C(Cc2ccc(OC(=O)C(C)(C)C)cc2)C=C(NC(=O)OCc2ccccc2)C1. The van der Waals surface area contributed by atoms with Crippen LogP contribution in [0.15, 0.2) is 78.1 Å². The smallest absolute Gasteiger partial charge is 0.411 e. The minimum Gasteiger partial charge on any atom is -0.453 e. The molecule has 9 heteroatoms. The number of esters is 2. The molecule has 1 heterocycles. The number of alkyl carbamates (subject to hydrolysis) is 1. The lowest BCUT2D eigenvalue weighted by atomic mass is 9.97. The molecule has 0 atom stereocenters. The number of hydrogen-bond donors (Lipinski definition) is 1. The van der Waals surface area contributed by atoms with Crippen molar-refractivity contribution in [2.45, 2.75) is 60.2 Å². The summed E-state index contributed by atoms with van der Waals surface area (Å²) in [7, 11) is 0. The summed E-state index contributed by atoms with van der Waals surface area (Å²) in [5, 5.41) is 2.68. The van der Waals surface area contributed by atoms with Crippen molar-refractivity contribution in [2.24, 2.45) is 5.41 Å². The van der Waals surface area contributed by atoms with E-state index in [-0.39, 0.29) is 19.1 Å². The summed E-state index contributed by atoms with van der Waals surface area (Å²) in [6.07, 6.45) is 2.97. The zero-order valence-corrected chi connectivity index (χ0v) is 23.8. The van der Waals surface area contributed by atoms with Gasteiger partial charge in [-0.1, -0.05) is 42.5 Å². The molecule has 2 amide bonds. The fourth-order valence-corrected chi connectivity index (χ4v) is 3.54. The Bertz CT molecular complexity index is 1300. The second-order valence-corrected chi connectivity index (χ2v) is 11.5. The van der Waals surface area contributed by atoms with Crippen LogP contribution in [0.4, 0.5) is 4.79 Å². The van der Waals surface area contributed by atoms with Gasteiger partial charge >= 0.3 is 23.9 Å². The van der Waals surface area contributed by atoms with Crippen molar-refractivity contribution in [1.29, 1.82) is 0 Å². The van der Waals surface area contributed by atoms with Gasteiger partial charge in [0.1, 0.15) is 18.0 Å². The van der Waals surface area contributed by atoms with E-state index in [1.54, 1.807) is 78.1 Å². The highest BCUT2D eigenvalue weighted by molar-refractivity contribution is 6.32. The van der Waals surface area contributed by atoms with E-state index < -0.39 is 29.0 Å². The molecule has 0 aliphatic carbocycles. The maximum absolute atomic E-state index is 12.9. The summed E-state index contributed by atoms with van der Waals surface area (Å²) in [4.78, 5) is 51.3. The van der Waals surface area contributed by atoms with Crippen LogP contribution in [0.5, 0.6) is 5.75 Å². The zero-order chi connectivity index (χ0) is 29.5. The summed E-state index contributed by atoms with van der Waals surface area (Å²) in [6.45, 7) is 10.4. The molecule has 2 aromatic carbocycles. The number of hydrogen-bond acceptors (Lipinski definition) is 7. The van der Waals surface area contributed by atoms with Gasteiger partial charge in [-0.3, -0.25) is 14.9 Å². The number of amides is 2. The van der Waals surface area contributed by atoms with Crippen molar-refractivity contribution in [3.63, 3.8) is 0 Å². The highest BCUT2D eigenvalue weighted by Gasteiger charge is 2.29. The normalized spacial score (nSPS) is 13.5. The summed E-state index contributed by atoms with van der Waals surface area (Å²) >= 11 is 0. The van der Waals surface area contributed by atoms with Gasteiger partial charge in [0.15, 0.2) is 0 Å². The Morgan fingerprint density at radius 1 is 0.875 bits per heavy atom. The van der Waals surface area contributed by atoms with Crippen molar-refractivity contribution >= 4 is 23.9 Å². The topological polar surface area (TPSA) is 111 Å². The van der Waals surface area contributed by atoms with Gasteiger partial charge in [0.05, 0.1) is 12.0 Å². The van der Waals surface area contributed by atoms with Gasteiger partial charge in [0.2, 0.25) is 0 Å². The Morgan fingerprint density at radius 3 is 2.12 bits per heavy atom. The molecule has 0 spiro atoms. The third kappa shape index (κ3) is 9.41. The van der Waals surface area contributed by atoms with E-state index in [0.717, 1.165) is 11.1 Å². The van der Waals surface area contributed by atoms with Crippen LogP contribution in [0.3, 0.4) is 0 Å². The molecule has 0 radical (unpaired) electrons. The molecule has 40 heavy (non-hydrogen) atoms. The van der Waals surface area contributed by atoms with Gasteiger partial charge in [-0.25, -0.2) is 9.59 Å². The van der Waals surface area contributed by atoms with Crippen LogP contribution in [-0.4, -0.2) is 41.0 Å². The molecule has 3 rings (SSSR count). The highest BCUT2D eigenvalue weighted by atomic mass is 16.6. The van der Waals surface area contributed by atoms with E-state index in [2.05, 4.69) is 5.32 Å². The standard InChI is InChI=1S/C31H36N2O7/c1-30(2,3)28(36)39-25-14-12-21(13-15-25)16-23-17-24(32-29(37)38-20-22-10-8-7-9-11-22)19-33(18-23)26(34)27(35)40-31(4,5)6/h7-15,17-18H,16,19-20H2,1-6H3,(H,32,37).